The second kappa shape index (κ2) is 7.33. The Morgan fingerprint density at radius 1 is 1.10 bits per heavy atom. The number of carboxylic acids is 1. The van der Waals surface area contributed by atoms with E-state index in [1.165, 1.54) is 4.90 Å². The molecule has 0 saturated carbocycles. The van der Waals surface area contributed by atoms with Gasteiger partial charge in [0.25, 0.3) is 5.91 Å². The molecule has 0 aromatic heterocycles. The number of carboxylic acid groups (broad SMARTS) is 1. The molecule has 31 heavy (non-hydrogen) atoms. The van der Waals surface area contributed by atoms with Gasteiger partial charge in [0.15, 0.2) is 11.7 Å². The molecule has 2 heterocycles. The van der Waals surface area contributed by atoms with Crippen molar-refractivity contribution in [3.05, 3.63) is 45.4 Å². The molecular formula is C19H14Cl2F2N4O4. The highest BCUT2D eigenvalue weighted by Crippen LogP contribution is 2.48. The first kappa shape index (κ1) is 21.3. The highest BCUT2D eigenvalue weighted by molar-refractivity contribution is 6.41. The zero-order chi connectivity index (χ0) is 22.8. The van der Waals surface area contributed by atoms with Crippen molar-refractivity contribution in [3.8, 4) is 0 Å². The molecule has 162 valence electrons. The number of aliphatic carboxylic acids is 1. The molecule has 12 heteroatoms. The Hall–Kier alpha value is -2.95. The number of hydrogen-bond acceptors (Lipinski definition) is 6. The number of hydrogen-bond donors (Lipinski definition) is 3. The van der Waals surface area contributed by atoms with Crippen LogP contribution in [0, 0.1) is 17.6 Å². The van der Waals surface area contributed by atoms with E-state index in [1.807, 2.05) is 0 Å². The van der Waals surface area contributed by atoms with E-state index in [9.17, 15) is 28.3 Å². The van der Waals surface area contributed by atoms with Crippen LogP contribution in [0.15, 0.2) is 18.2 Å². The standard InChI is InChI=1S/C19H14Cl2F2N4O4/c20-8-2-9(22)12(3-11(8)25)27-15-7(17(28)13(18(27)29)19(30)31)1-10(23)16(14(15)21)26-4-6(24)5-26/h1-3,6,13H,4-5,24-25H2,(H,30,31). The van der Waals surface area contributed by atoms with E-state index in [0.717, 1.165) is 18.2 Å². The molecule has 1 unspecified atom stereocenters. The van der Waals surface area contributed by atoms with Crippen LogP contribution >= 0.6 is 23.2 Å². The van der Waals surface area contributed by atoms with Crippen molar-refractivity contribution >= 4 is 63.6 Å². The van der Waals surface area contributed by atoms with Gasteiger partial charge in [-0.3, -0.25) is 19.3 Å². The van der Waals surface area contributed by atoms with Gasteiger partial charge in [-0.1, -0.05) is 23.2 Å². The average Bonchev–Trinajstić information content (AvgIpc) is 2.64. The zero-order valence-corrected chi connectivity index (χ0v) is 17.0. The SMILES string of the molecule is Nc1cc(N2C(=O)C(C(=O)O)C(=O)c3cc(F)c(N4CC(N)C4)c(Cl)c32)c(F)cc1Cl. The topological polar surface area (TPSA) is 130 Å². The molecule has 0 bridgehead atoms. The van der Waals surface area contributed by atoms with Gasteiger partial charge in [0.05, 0.1) is 32.8 Å². The summed E-state index contributed by atoms with van der Waals surface area (Å²) in [6.07, 6.45) is 0. The van der Waals surface area contributed by atoms with Crippen LogP contribution in [0.4, 0.5) is 31.5 Å². The number of nitrogens with zero attached hydrogens (tertiary/aromatic N) is 2. The first-order valence-corrected chi connectivity index (χ1v) is 9.66. The van der Waals surface area contributed by atoms with Gasteiger partial charge in [0.1, 0.15) is 11.6 Å². The molecule has 5 N–H and O–H groups in total. The normalized spacial score (nSPS) is 18.8. The summed E-state index contributed by atoms with van der Waals surface area (Å²) in [5.41, 5.74) is 9.94. The predicted molar refractivity (Wildman–Crippen MR) is 110 cm³/mol. The molecule has 8 nitrogen and oxygen atoms in total. The fourth-order valence-electron chi connectivity index (χ4n) is 3.68. The number of halogens is 4. The van der Waals surface area contributed by atoms with Crippen LogP contribution in [0.25, 0.3) is 0 Å². The van der Waals surface area contributed by atoms with E-state index < -0.39 is 46.5 Å². The molecule has 2 aliphatic rings. The molecule has 0 radical (unpaired) electrons. The van der Waals surface area contributed by atoms with E-state index in [4.69, 9.17) is 34.7 Å². The number of amides is 1. The van der Waals surface area contributed by atoms with Crippen LogP contribution in [0.5, 0.6) is 0 Å². The second-order valence-electron chi connectivity index (χ2n) is 7.22. The maximum atomic E-state index is 14.9. The van der Waals surface area contributed by atoms with Crippen LogP contribution in [-0.2, 0) is 9.59 Å². The Labute approximate surface area is 183 Å². The van der Waals surface area contributed by atoms with E-state index in [2.05, 4.69) is 0 Å². The minimum atomic E-state index is -2.22. The van der Waals surface area contributed by atoms with Crippen molar-refractivity contribution < 1.29 is 28.3 Å². The van der Waals surface area contributed by atoms with Crippen LogP contribution in [0.3, 0.4) is 0 Å². The molecule has 1 saturated heterocycles. The molecule has 1 fully saturated rings. The molecule has 2 aromatic rings. The quantitative estimate of drug-likeness (QED) is 0.464. The third-order valence-electron chi connectivity index (χ3n) is 5.17. The summed E-state index contributed by atoms with van der Waals surface area (Å²) in [5.74, 6) is -8.36. The monoisotopic (exact) mass is 470 g/mol. The molecular weight excluding hydrogens is 457 g/mol. The third-order valence-corrected chi connectivity index (χ3v) is 5.85. The number of ketones is 1. The summed E-state index contributed by atoms with van der Waals surface area (Å²) in [5, 5.41) is 8.94. The minimum Gasteiger partial charge on any atom is -0.480 e. The van der Waals surface area contributed by atoms with Gasteiger partial charge < -0.3 is 21.5 Å². The van der Waals surface area contributed by atoms with Gasteiger partial charge in [-0.15, -0.1) is 0 Å². The van der Waals surface area contributed by atoms with Gasteiger partial charge in [0.2, 0.25) is 0 Å². The molecule has 2 aromatic carbocycles. The lowest BCUT2D eigenvalue weighted by Crippen LogP contribution is -2.56. The van der Waals surface area contributed by atoms with Crippen molar-refractivity contribution in [1.29, 1.82) is 0 Å². The second-order valence-corrected chi connectivity index (χ2v) is 8.00. The zero-order valence-electron chi connectivity index (χ0n) is 15.5. The Morgan fingerprint density at radius 3 is 2.32 bits per heavy atom. The van der Waals surface area contributed by atoms with E-state index in [0.29, 0.717) is 4.90 Å². The lowest BCUT2D eigenvalue weighted by Gasteiger charge is -2.41. The molecule has 2 aliphatic heterocycles. The van der Waals surface area contributed by atoms with Crippen LogP contribution in [0.1, 0.15) is 10.4 Å². The highest BCUT2D eigenvalue weighted by Gasteiger charge is 2.48. The van der Waals surface area contributed by atoms with Crippen molar-refractivity contribution in [2.75, 3.05) is 28.6 Å². The Bertz CT molecular complexity index is 1170. The van der Waals surface area contributed by atoms with Crippen molar-refractivity contribution in [2.24, 2.45) is 11.7 Å². The van der Waals surface area contributed by atoms with E-state index in [1.54, 1.807) is 0 Å². The van der Waals surface area contributed by atoms with Gasteiger partial charge >= 0.3 is 5.97 Å². The Kier molecular flexibility index (Phi) is 5.03. The van der Waals surface area contributed by atoms with Gasteiger partial charge in [0, 0.05) is 24.7 Å². The lowest BCUT2D eigenvalue weighted by atomic mass is 9.88. The van der Waals surface area contributed by atoms with Crippen LogP contribution < -0.4 is 21.3 Å². The molecule has 1 amide bonds. The number of carbonyl (C=O) groups excluding carboxylic acids is 2. The van der Waals surface area contributed by atoms with Gasteiger partial charge in [-0.25, -0.2) is 8.78 Å². The van der Waals surface area contributed by atoms with Gasteiger partial charge in [-0.2, -0.15) is 0 Å². The Balaban J connectivity index is 2.02. The maximum absolute atomic E-state index is 14.9. The number of benzene rings is 2. The molecule has 0 aliphatic carbocycles. The molecule has 4 rings (SSSR count). The predicted octanol–water partition coefficient (Wildman–Crippen LogP) is 2.56. The van der Waals surface area contributed by atoms with Crippen LogP contribution in [-0.4, -0.2) is 41.9 Å². The minimum absolute atomic E-state index is 0.108. The fourth-order valence-corrected chi connectivity index (χ4v) is 4.23. The Morgan fingerprint density at radius 2 is 1.74 bits per heavy atom. The average molecular weight is 471 g/mol. The summed E-state index contributed by atoms with van der Waals surface area (Å²) >= 11 is 12.2. The van der Waals surface area contributed by atoms with E-state index in [-0.39, 0.29) is 46.2 Å². The first-order valence-electron chi connectivity index (χ1n) is 8.91. The summed E-state index contributed by atoms with van der Waals surface area (Å²) in [6, 6.07) is 2.40. The highest BCUT2D eigenvalue weighted by atomic mass is 35.5. The summed E-state index contributed by atoms with van der Waals surface area (Å²) in [6.45, 7) is 0.522. The number of nitrogen functional groups attached to an aromatic ring is 1. The van der Waals surface area contributed by atoms with Crippen molar-refractivity contribution in [2.45, 2.75) is 6.04 Å². The largest absolute Gasteiger partial charge is 0.480 e. The number of Topliss-reactive ketones (excluding diaryl/α,β-unsaturated/α-hetero) is 1. The number of anilines is 4. The lowest BCUT2D eigenvalue weighted by molar-refractivity contribution is -0.143. The number of carbonyl (C=O) groups is 3. The van der Waals surface area contributed by atoms with Crippen LogP contribution in [0.2, 0.25) is 10.0 Å². The van der Waals surface area contributed by atoms with Crippen molar-refractivity contribution in [3.63, 3.8) is 0 Å². The third kappa shape index (κ3) is 3.18. The summed E-state index contributed by atoms with van der Waals surface area (Å²) in [4.78, 5) is 39.6. The summed E-state index contributed by atoms with van der Waals surface area (Å²) in [7, 11) is 0. The van der Waals surface area contributed by atoms with Crippen molar-refractivity contribution in [1.82, 2.24) is 0 Å². The maximum Gasteiger partial charge on any atom is 0.324 e. The number of fused-ring (bicyclic) bond motifs is 1. The smallest absolute Gasteiger partial charge is 0.324 e. The first-order chi connectivity index (χ1) is 14.5. The molecule has 0 spiro atoms. The molecule has 1 atom stereocenters. The number of nitrogens with two attached hydrogens (primary N) is 2. The summed E-state index contributed by atoms with van der Waals surface area (Å²) < 4.78 is 29.7. The number of rotatable bonds is 3. The van der Waals surface area contributed by atoms with E-state index >= 15 is 0 Å². The fraction of sp³-hybridized carbons (Fsp3) is 0.211. The van der Waals surface area contributed by atoms with Gasteiger partial charge in [-0.05, 0) is 18.2 Å².